The van der Waals surface area contributed by atoms with E-state index in [1.165, 1.54) is 24.8 Å². The van der Waals surface area contributed by atoms with E-state index in [2.05, 4.69) is 53.8 Å². The van der Waals surface area contributed by atoms with Crippen LogP contribution >= 0.6 is 0 Å². The van der Waals surface area contributed by atoms with Crippen molar-refractivity contribution in [1.82, 2.24) is 5.32 Å². The Bertz CT molecular complexity index is 1380. The summed E-state index contributed by atoms with van der Waals surface area (Å²) in [7, 11) is 0. The normalized spacial score (nSPS) is 40.9. The predicted octanol–water partition coefficient (Wildman–Crippen LogP) is 8.13. The molecule has 0 aromatic rings. The lowest BCUT2D eigenvalue weighted by molar-refractivity contribution is -0.235. The first-order valence-corrected chi connectivity index (χ1v) is 19.8. The first kappa shape index (κ1) is 37.0. The molecular weight excluding hydrogens is 614 g/mol. The molecule has 6 rings (SSSR count). The second-order valence-electron chi connectivity index (χ2n) is 20.0. The van der Waals surface area contributed by atoms with E-state index in [9.17, 15) is 24.6 Å². The summed E-state index contributed by atoms with van der Waals surface area (Å²) in [5.74, 6) is 0.977. The van der Waals surface area contributed by atoms with Crippen molar-refractivity contribution in [3.8, 4) is 0 Å². The van der Waals surface area contributed by atoms with Gasteiger partial charge >= 0.3 is 11.9 Å². The molecule has 3 N–H and O–H groups in total. The number of nitrogens with one attached hydrogen (secondary N) is 1. The van der Waals surface area contributed by atoms with Crippen LogP contribution in [0.1, 0.15) is 146 Å². The van der Waals surface area contributed by atoms with E-state index < -0.39 is 28.9 Å². The van der Waals surface area contributed by atoms with E-state index in [0.717, 1.165) is 69.4 Å². The van der Waals surface area contributed by atoms with E-state index in [4.69, 9.17) is 4.74 Å². The van der Waals surface area contributed by atoms with Crippen LogP contribution in [0.4, 0.5) is 0 Å². The molecule has 0 aliphatic heterocycles. The molecule has 7 nitrogen and oxygen atoms in total. The lowest BCUT2D eigenvalue weighted by Gasteiger charge is -2.72. The van der Waals surface area contributed by atoms with E-state index in [-0.39, 0.29) is 45.9 Å². The lowest BCUT2D eigenvalue weighted by atomic mass is 9.33. The van der Waals surface area contributed by atoms with Gasteiger partial charge in [-0.3, -0.25) is 14.4 Å². The quantitative estimate of drug-likeness (QED) is 0.200. The third kappa shape index (κ3) is 5.60. The molecule has 0 radical (unpaired) electrons. The number of carbonyl (C=O) groups is 3. The second kappa shape index (κ2) is 12.5. The second-order valence-corrected chi connectivity index (χ2v) is 20.0. The zero-order valence-electron chi connectivity index (χ0n) is 32.2. The summed E-state index contributed by atoms with van der Waals surface area (Å²) in [4.78, 5) is 38.7. The number of aliphatic hydroxyl groups excluding tert-OH is 1. The first-order valence-electron chi connectivity index (χ1n) is 19.8. The van der Waals surface area contributed by atoms with Crippen molar-refractivity contribution in [3.05, 3.63) is 11.1 Å². The van der Waals surface area contributed by atoms with Crippen LogP contribution in [0, 0.1) is 62.1 Å². The number of ether oxygens (including phenoxy) is 1. The first-order chi connectivity index (χ1) is 22.7. The van der Waals surface area contributed by atoms with Gasteiger partial charge in [-0.2, -0.15) is 0 Å². The fourth-order valence-corrected chi connectivity index (χ4v) is 13.2. The molecule has 5 fully saturated rings. The number of carboxylic acid groups (broad SMARTS) is 1. The number of fused-ring (bicyclic) bond motifs is 7. The topological polar surface area (TPSA) is 113 Å². The third-order valence-electron chi connectivity index (χ3n) is 16.5. The number of rotatable bonds is 10. The van der Waals surface area contributed by atoms with Crippen molar-refractivity contribution in [3.63, 3.8) is 0 Å². The van der Waals surface area contributed by atoms with E-state index >= 15 is 0 Å². The summed E-state index contributed by atoms with van der Waals surface area (Å²) in [6.45, 7) is 21.3. The van der Waals surface area contributed by atoms with Crippen molar-refractivity contribution < 1.29 is 29.3 Å². The highest BCUT2D eigenvalue weighted by molar-refractivity contribution is 6.00. The number of Topliss-reactive ketones (excluding diaryl/α,β-unsaturated/α-hetero) is 1. The van der Waals surface area contributed by atoms with E-state index in [1.807, 2.05) is 0 Å². The Labute approximate surface area is 296 Å². The monoisotopic (exact) mass is 681 g/mol. The van der Waals surface area contributed by atoms with Gasteiger partial charge in [0, 0.05) is 23.8 Å². The highest BCUT2D eigenvalue weighted by atomic mass is 16.5. The Balaban J connectivity index is 1.26. The van der Waals surface area contributed by atoms with Crippen LogP contribution < -0.4 is 5.32 Å². The third-order valence-corrected chi connectivity index (χ3v) is 16.5. The summed E-state index contributed by atoms with van der Waals surface area (Å²) >= 11 is 0. The molecule has 0 spiro atoms. The fraction of sp³-hybridized carbons (Fsp3) is 0.881. The number of aliphatic carboxylic acids is 1. The fourth-order valence-electron chi connectivity index (χ4n) is 13.2. The Kier molecular flexibility index (Phi) is 9.41. The summed E-state index contributed by atoms with van der Waals surface area (Å²) in [6.07, 6.45) is 11.5. The van der Waals surface area contributed by atoms with Crippen LogP contribution in [0.5, 0.6) is 0 Å². The van der Waals surface area contributed by atoms with Crippen molar-refractivity contribution in [2.45, 2.75) is 158 Å². The van der Waals surface area contributed by atoms with E-state index in [0.29, 0.717) is 30.7 Å². The maximum atomic E-state index is 13.9. The Hall–Kier alpha value is -1.73. The van der Waals surface area contributed by atoms with Gasteiger partial charge in [0.25, 0.3) is 0 Å². The van der Waals surface area contributed by atoms with Gasteiger partial charge in [0.05, 0.1) is 17.9 Å². The number of aliphatic hydroxyl groups is 1. The van der Waals surface area contributed by atoms with Crippen molar-refractivity contribution >= 4 is 17.7 Å². The Morgan fingerprint density at radius 1 is 0.918 bits per heavy atom. The van der Waals surface area contributed by atoms with Gasteiger partial charge in [0.15, 0.2) is 5.78 Å². The summed E-state index contributed by atoms with van der Waals surface area (Å²) in [5.41, 5.74) is 0.760. The van der Waals surface area contributed by atoms with Gasteiger partial charge in [-0.25, -0.2) is 0 Å². The van der Waals surface area contributed by atoms with Crippen molar-refractivity contribution in [2.75, 3.05) is 13.1 Å². The summed E-state index contributed by atoms with van der Waals surface area (Å²) in [5, 5.41) is 25.3. The maximum absolute atomic E-state index is 13.9. The molecule has 0 aromatic heterocycles. The average molecular weight is 682 g/mol. The number of esters is 1. The highest BCUT2D eigenvalue weighted by Gasteiger charge is 2.70. The summed E-state index contributed by atoms with van der Waals surface area (Å²) < 4.78 is 6.16. The molecule has 0 heterocycles. The molecule has 276 valence electrons. The number of carboxylic acids is 1. The molecule has 7 heteroatoms. The van der Waals surface area contributed by atoms with Crippen LogP contribution in [-0.4, -0.2) is 53.2 Å². The molecule has 0 saturated heterocycles. The van der Waals surface area contributed by atoms with Crippen molar-refractivity contribution in [2.24, 2.45) is 62.1 Å². The molecule has 0 bridgehead atoms. The highest BCUT2D eigenvalue weighted by Crippen LogP contribution is 2.77. The molecule has 0 aromatic carbocycles. The molecule has 0 amide bonds. The smallest absolute Gasteiger partial charge is 0.309 e. The number of carbonyl (C=O) groups excluding carboxylic acids is 2. The number of hydrogen-bond donors (Lipinski definition) is 3. The minimum Gasteiger partial charge on any atom is -0.481 e. The van der Waals surface area contributed by atoms with Crippen LogP contribution in [0.25, 0.3) is 0 Å². The molecular formula is C42H67NO6. The van der Waals surface area contributed by atoms with Gasteiger partial charge < -0.3 is 20.3 Å². The maximum Gasteiger partial charge on any atom is 0.309 e. The van der Waals surface area contributed by atoms with Crippen LogP contribution in [0.3, 0.4) is 0 Å². The Morgan fingerprint density at radius 2 is 1.61 bits per heavy atom. The standard InChI is InChI=1S/C42H67NO6/c1-25(2)34-28(44)21-42(31(45)24-43-23-26-11-10-12-26)20-19-40(8)27(35(34)42)13-14-30-39(7)17-16-32(49-33(46)22-37(3,4)36(47)48)38(5,6)29(39)15-18-41(30,40)9/h25-27,29-32,43,45H,10-24H2,1-9H3,(H,47,48). The molecule has 6 aliphatic carbocycles. The van der Waals surface area contributed by atoms with Gasteiger partial charge in [0.2, 0.25) is 0 Å². The predicted molar refractivity (Wildman–Crippen MR) is 192 cm³/mol. The van der Waals surface area contributed by atoms with Gasteiger partial charge in [-0.15, -0.1) is 0 Å². The van der Waals surface area contributed by atoms with Crippen LogP contribution in [-0.2, 0) is 19.1 Å². The lowest BCUT2D eigenvalue weighted by Crippen LogP contribution is -2.66. The van der Waals surface area contributed by atoms with Gasteiger partial charge in [-0.1, -0.05) is 60.5 Å². The molecule has 9 unspecified atom stereocenters. The molecule has 5 saturated carbocycles. The van der Waals surface area contributed by atoms with Crippen LogP contribution in [0.15, 0.2) is 11.1 Å². The van der Waals surface area contributed by atoms with Crippen LogP contribution in [0.2, 0.25) is 0 Å². The van der Waals surface area contributed by atoms with Crippen molar-refractivity contribution in [1.29, 1.82) is 0 Å². The van der Waals surface area contributed by atoms with E-state index in [1.54, 1.807) is 13.8 Å². The van der Waals surface area contributed by atoms with Gasteiger partial charge in [-0.05, 0) is 136 Å². The Morgan fingerprint density at radius 3 is 2.22 bits per heavy atom. The largest absolute Gasteiger partial charge is 0.481 e. The zero-order chi connectivity index (χ0) is 35.9. The minimum atomic E-state index is -1.15. The summed E-state index contributed by atoms with van der Waals surface area (Å²) in [6, 6.07) is 0. The average Bonchev–Trinajstić information content (AvgIpc) is 3.29. The minimum absolute atomic E-state index is 0.0302. The number of hydrogen-bond acceptors (Lipinski definition) is 6. The number of allylic oxidation sites excluding steroid dienone is 1. The SMILES string of the molecule is CC(C)C1=C2C3CCC4C5(C)CCC(OC(=O)CC(C)(C)C(=O)O)C(C)(C)C5CCC4(C)C3(C)CCC2(C(O)CNCC2CCC2)CC1=O. The molecule has 49 heavy (non-hydrogen) atoms. The number of ketones is 1. The molecule has 9 atom stereocenters. The van der Waals surface area contributed by atoms with Gasteiger partial charge in [0.1, 0.15) is 6.10 Å². The zero-order valence-corrected chi connectivity index (χ0v) is 32.2. The molecule has 6 aliphatic rings.